The third-order valence-electron chi connectivity index (χ3n) is 5.31. The number of benzene rings is 2. The Hall–Kier alpha value is -3.21. The standard InChI is InChI=1S/C23H18N4OS2/c1-2-21-25-20(14-29-21)23(28)27-12-10-26(11-13-27)17-8-6-16(7-9-17)18-4-3-5-19-22(18)30-15-24-19/h1,3-9,14-15H,10-13H2. The lowest BCUT2D eigenvalue weighted by Gasteiger charge is -2.35. The molecule has 1 aliphatic rings. The maximum absolute atomic E-state index is 12.6. The van der Waals surface area contributed by atoms with Crippen LogP contribution in [0, 0.1) is 12.3 Å². The van der Waals surface area contributed by atoms with Gasteiger partial charge in [-0.2, -0.15) is 0 Å². The predicted octanol–water partition coefficient (Wildman–Crippen LogP) is 4.36. The van der Waals surface area contributed by atoms with Crippen molar-refractivity contribution in [2.45, 2.75) is 0 Å². The number of aromatic nitrogens is 2. The fourth-order valence-electron chi connectivity index (χ4n) is 3.73. The Bertz CT molecular complexity index is 1240. The number of hydrogen-bond donors (Lipinski definition) is 0. The first kappa shape index (κ1) is 18.8. The van der Waals surface area contributed by atoms with Crippen molar-refractivity contribution in [2.75, 3.05) is 31.1 Å². The lowest BCUT2D eigenvalue weighted by molar-refractivity contribution is 0.0741. The second-order valence-corrected chi connectivity index (χ2v) is 8.73. The molecule has 0 unspecified atom stereocenters. The fourth-order valence-corrected chi connectivity index (χ4v) is 5.16. The van der Waals surface area contributed by atoms with Gasteiger partial charge in [-0.25, -0.2) is 9.97 Å². The number of anilines is 1. The number of nitrogens with zero attached hydrogens (tertiary/aromatic N) is 4. The second kappa shape index (κ2) is 7.90. The number of fused-ring (bicyclic) bond motifs is 1. The maximum Gasteiger partial charge on any atom is 0.273 e. The van der Waals surface area contributed by atoms with Crippen molar-refractivity contribution in [1.82, 2.24) is 14.9 Å². The number of hydrogen-bond acceptors (Lipinski definition) is 6. The average Bonchev–Trinajstić information content (AvgIpc) is 3.48. The van der Waals surface area contributed by atoms with Crippen LogP contribution in [0.5, 0.6) is 0 Å². The Morgan fingerprint density at radius 2 is 1.83 bits per heavy atom. The third-order valence-corrected chi connectivity index (χ3v) is 6.96. The van der Waals surface area contributed by atoms with E-state index in [-0.39, 0.29) is 5.91 Å². The van der Waals surface area contributed by atoms with Crippen LogP contribution in [0.15, 0.2) is 53.4 Å². The Morgan fingerprint density at radius 3 is 2.57 bits per heavy atom. The highest BCUT2D eigenvalue weighted by Crippen LogP contribution is 2.32. The number of piperazine rings is 1. The summed E-state index contributed by atoms with van der Waals surface area (Å²) in [4.78, 5) is 25.4. The number of rotatable bonds is 3. The molecule has 0 N–H and O–H groups in total. The van der Waals surface area contributed by atoms with Crippen LogP contribution < -0.4 is 4.90 Å². The zero-order valence-electron chi connectivity index (χ0n) is 16.1. The molecular weight excluding hydrogens is 412 g/mol. The molecule has 30 heavy (non-hydrogen) atoms. The van der Waals surface area contributed by atoms with E-state index in [4.69, 9.17) is 6.42 Å². The number of amides is 1. The molecule has 1 fully saturated rings. The molecule has 0 atom stereocenters. The number of carbonyl (C=O) groups is 1. The van der Waals surface area contributed by atoms with E-state index in [1.54, 1.807) is 16.7 Å². The van der Waals surface area contributed by atoms with E-state index in [1.165, 1.54) is 32.9 Å². The number of carbonyl (C=O) groups excluding carboxylic acids is 1. The molecule has 4 aromatic rings. The van der Waals surface area contributed by atoms with E-state index in [0.717, 1.165) is 18.6 Å². The Morgan fingerprint density at radius 1 is 1.03 bits per heavy atom. The van der Waals surface area contributed by atoms with E-state index < -0.39 is 0 Å². The summed E-state index contributed by atoms with van der Waals surface area (Å²) < 4.78 is 1.22. The van der Waals surface area contributed by atoms with Gasteiger partial charge in [0.2, 0.25) is 0 Å². The molecular formula is C23H18N4OS2. The van der Waals surface area contributed by atoms with E-state index >= 15 is 0 Å². The molecule has 0 bridgehead atoms. The van der Waals surface area contributed by atoms with Crippen LogP contribution in [0.1, 0.15) is 15.5 Å². The molecule has 2 aromatic carbocycles. The number of thiazole rings is 2. The van der Waals surface area contributed by atoms with E-state index in [9.17, 15) is 4.79 Å². The van der Waals surface area contributed by atoms with Crippen LogP contribution in [0.4, 0.5) is 5.69 Å². The number of terminal acetylenes is 1. The van der Waals surface area contributed by atoms with Gasteiger partial charge < -0.3 is 9.80 Å². The summed E-state index contributed by atoms with van der Waals surface area (Å²) in [5.74, 6) is 2.44. The zero-order valence-corrected chi connectivity index (χ0v) is 17.7. The van der Waals surface area contributed by atoms with Crippen molar-refractivity contribution >= 4 is 44.5 Å². The third kappa shape index (κ3) is 3.45. The molecule has 148 valence electrons. The monoisotopic (exact) mass is 430 g/mol. The highest BCUT2D eigenvalue weighted by Gasteiger charge is 2.24. The minimum absolute atomic E-state index is 0.0413. The highest BCUT2D eigenvalue weighted by molar-refractivity contribution is 7.17. The van der Waals surface area contributed by atoms with Crippen LogP contribution >= 0.6 is 22.7 Å². The molecule has 7 heteroatoms. The van der Waals surface area contributed by atoms with Gasteiger partial charge in [0.1, 0.15) is 5.69 Å². The van der Waals surface area contributed by atoms with Gasteiger partial charge in [0.05, 0.1) is 15.7 Å². The van der Waals surface area contributed by atoms with Gasteiger partial charge in [0, 0.05) is 42.8 Å². The molecule has 1 saturated heterocycles. The van der Waals surface area contributed by atoms with Gasteiger partial charge in [0.25, 0.3) is 5.91 Å². The molecule has 0 radical (unpaired) electrons. The lowest BCUT2D eigenvalue weighted by Crippen LogP contribution is -2.48. The van der Waals surface area contributed by atoms with Gasteiger partial charge in [-0.3, -0.25) is 4.79 Å². The normalized spacial score (nSPS) is 14.1. The van der Waals surface area contributed by atoms with Crippen LogP contribution in [-0.2, 0) is 0 Å². The quantitative estimate of drug-likeness (QED) is 0.453. The summed E-state index contributed by atoms with van der Waals surface area (Å²) in [6.07, 6.45) is 5.36. The van der Waals surface area contributed by atoms with E-state index in [2.05, 4.69) is 57.2 Å². The minimum Gasteiger partial charge on any atom is -0.368 e. The molecule has 5 nitrogen and oxygen atoms in total. The predicted molar refractivity (Wildman–Crippen MR) is 123 cm³/mol. The second-order valence-electron chi connectivity index (χ2n) is 7.01. The van der Waals surface area contributed by atoms with Crippen molar-refractivity contribution in [3.8, 4) is 23.5 Å². The van der Waals surface area contributed by atoms with Crippen molar-refractivity contribution in [3.05, 3.63) is 64.1 Å². The smallest absolute Gasteiger partial charge is 0.273 e. The van der Waals surface area contributed by atoms with Gasteiger partial charge in [0.15, 0.2) is 5.01 Å². The minimum atomic E-state index is -0.0413. The van der Waals surface area contributed by atoms with E-state index in [0.29, 0.717) is 23.8 Å². The van der Waals surface area contributed by atoms with Crippen molar-refractivity contribution < 1.29 is 4.79 Å². The van der Waals surface area contributed by atoms with Crippen molar-refractivity contribution in [1.29, 1.82) is 0 Å². The summed E-state index contributed by atoms with van der Waals surface area (Å²) in [5.41, 5.74) is 6.95. The Labute approximate surface area is 182 Å². The van der Waals surface area contributed by atoms with Crippen molar-refractivity contribution in [3.63, 3.8) is 0 Å². The largest absolute Gasteiger partial charge is 0.368 e. The summed E-state index contributed by atoms with van der Waals surface area (Å²) in [5, 5.41) is 2.29. The van der Waals surface area contributed by atoms with Gasteiger partial charge >= 0.3 is 0 Å². The first-order chi connectivity index (χ1) is 14.7. The average molecular weight is 431 g/mol. The van der Waals surface area contributed by atoms with Crippen LogP contribution in [0.25, 0.3) is 21.3 Å². The molecule has 1 amide bonds. The molecule has 0 aliphatic carbocycles. The molecule has 0 saturated carbocycles. The Kier molecular flexibility index (Phi) is 4.95. The van der Waals surface area contributed by atoms with Gasteiger partial charge in [-0.05, 0) is 29.7 Å². The van der Waals surface area contributed by atoms with Crippen LogP contribution in [-0.4, -0.2) is 47.0 Å². The topological polar surface area (TPSA) is 49.3 Å². The molecule has 1 aliphatic heterocycles. The first-order valence-corrected chi connectivity index (χ1v) is 11.4. The fraction of sp³-hybridized carbons (Fsp3) is 0.174. The first-order valence-electron chi connectivity index (χ1n) is 9.62. The van der Waals surface area contributed by atoms with Gasteiger partial charge in [-0.15, -0.1) is 29.1 Å². The lowest BCUT2D eigenvalue weighted by atomic mass is 10.0. The van der Waals surface area contributed by atoms with Gasteiger partial charge in [-0.1, -0.05) is 24.3 Å². The Balaban J connectivity index is 1.27. The summed E-state index contributed by atoms with van der Waals surface area (Å²) in [6, 6.07) is 14.9. The molecule has 5 rings (SSSR count). The van der Waals surface area contributed by atoms with Crippen molar-refractivity contribution in [2.24, 2.45) is 0 Å². The maximum atomic E-state index is 12.6. The molecule has 0 spiro atoms. The SMILES string of the molecule is C#Cc1nc(C(=O)N2CCN(c3ccc(-c4cccc5ncsc45)cc3)CC2)cs1. The van der Waals surface area contributed by atoms with Crippen LogP contribution in [0.3, 0.4) is 0 Å². The summed E-state index contributed by atoms with van der Waals surface area (Å²) in [6.45, 7) is 2.93. The molecule has 3 heterocycles. The molecule has 2 aromatic heterocycles. The zero-order chi connectivity index (χ0) is 20.5. The van der Waals surface area contributed by atoms with E-state index in [1.807, 2.05) is 16.5 Å². The highest BCUT2D eigenvalue weighted by atomic mass is 32.1. The van der Waals surface area contributed by atoms with Crippen LogP contribution in [0.2, 0.25) is 0 Å². The summed E-state index contributed by atoms with van der Waals surface area (Å²) >= 11 is 3.00. The summed E-state index contributed by atoms with van der Waals surface area (Å²) in [7, 11) is 0.